The van der Waals surface area contributed by atoms with Gasteiger partial charge < -0.3 is 15.5 Å². The molecule has 1 aliphatic heterocycles. The van der Waals surface area contributed by atoms with E-state index in [9.17, 15) is 13.2 Å². The van der Waals surface area contributed by atoms with Crippen LogP contribution in [0.5, 0.6) is 0 Å². The van der Waals surface area contributed by atoms with Gasteiger partial charge in [0.25, 0.3) is 0 Å². The fourth-order valence-electron chi connectivity index (χ4n) is 5.11. The number of hydrogen-bond acceptors (Lipinski definition) is 3. The van der Waals surface area contributed by atoms with Gasteiger partial charge in [-0.15, -0.1) is 0 Å². The molecule has 2 aliphatic rings. The van der Waals surface area contributed by atoms with Crippen LogP contribution in [0.3, 0.4) is 0 Å². The summed E-state index contributed by atoms with van der Waals surface area (Å²) in [5.74, 6) is 0.398. The van der Waals surface area contributed by atoms with E-state index in [4.69, 9.17) is 0 Å². The molecule has 2 aromatic rings. The van der Waals surface area contributed by atoms with Crippen LogP contribution in [-0.2, 0) is 6.18 Å². The molecule has 1 unspecified atom stereocenters. The predicted molar refractivity (Wildman–Crippen MR) is 115 cm³/mol. The second-order valence-electron chi connectivity index (χ2n) is 8.88. The molecule has 0 radical (unpaired) electrons. The number of halogens is 3. The summed E-state index contributed by atoms with van der Waals surface area (Å²) in [6.07, 6.45) is -1.40. The molecule has 1 aliphatic carbocycles. The molecule has 0 amide bonds. The Morgan fingerprint density at radius 3 is 2.53 bits per heavy atom. The summed E-state index contributed by atoms with van der Waals surface area (Å²) in [5, 5.41) is 7.23. The van der Waals surface area contributed by atoms with E-state index in [2.05, 4.69) is 41.8 Å². The van der Waals surface area contributed by atoms with E-state index < -0.39 is 11.7 Å². The monoisotopic (exact) mass is 417 g/mol. The van der Waals surface area contributed by atoms with Crippen molar-refractivity contribution in [3.63, 3.8) is 0 Å². The van der Waals surface area contributed by atoms with Gasteiger partial charge in [-0.2, -0.15) is 13.2 Å². The minimum atomic E-state index is -4.32. The van der Waals surface area contributed by atoms with Gasteiger partial charge in [0.15, 0.2) is 0 Å². The van der Waals surface area contributed by atoms with Gasteiger partial charge in [0.2, 0.25) is 0 Å². The summed E-state index contributed by atoms with van der Waals surface area (Å²) < 4.78 is 40.1. The van der Waals surface area contributed by atoms with E-state index in [1.807, 2.05) is 18.2 Å². The van der Waals surface area contributed by atoms with Crippen molar-refractivity contribution in [2.24, 2.45) is 5.92 Å². The number of fused-ring (bicyclic) bond motifs is 3. The molecule has 0 aromatic heterocycles. The van der Waals surface area contributed by atoms with Crippen molar-refractivity contribution >= 4 is 5.69 Å². The van der Waals surface area contributed by atoms with Crippen LogP contribution < -0.4 is 10.6 Å². The van der Waals surface area contributed by atoms with E-state index in [0.29, 0.717) is 6.04 Å². The SMILES string of the molecule is CN(C)CCCN[C@H]1CC2c3cc(C(F)(F)F)ccc3N[C@@H](c3ccccc3)[C@@H]2C1. The molecule has 0 spiro atoms. The van der Waals surface area contributed by atoms with Crippen molar-refractivity contribution in [1.29, 1.82) is 0 Å². The number of rotatable bonds is 6. The fraction of sp³-hybridized carbons (Fsp3) is 0.500. The Kier molecular flexibility index (Phi) is 6.07. The summed E-state index contributed by atoms with van der Waals surface area (Å²) in [4.78, 5) is 2.17. The maximum absolute atomic E-state index is 13.4. The summed E-state index contributed by atoms with van der Waals surface area (Å²) in [6.45, 7) is 1.96. The van der Waals surface area contributed by atoms with Crippen molar-refractivity contribution in [1.82, 2.24) is 10.2 Å². The standard InChI is InChI=1S/C24H30F3N3/c1-30(2)12-6-11-28-18-14-19-20-13-17(24(25,26)27)9-10-22(20)29-23(21(19)15-18)16-7-4-3-5-8-16/h3-5,7-10,13,18-19,21,23,28-29H,6,11-12,14-15H2,1-2H3/t18-,19?,21+,23-/m0/s1. The van der Waals surface area contributed by atoms with E-state index >= 15 is 0 Å². The Morgan fingerprint density at radius 1 is 1.07 bits per heavy atom. The Bertz CT molecular complexity index is 851. The Balaban J connectivity index is 1.59. The molecule has 3 nitrogen and oxygen atoms in total. The lowest BCUT2D eigenvalue weighted by Gasteiger charge is -2.38. The predicted octanol–water partition coefficient (Wildman–Crippen LogP) is 5.28. The van der Waals surface area contributed by atoms with Gasteiger partial charge in [-0.3, -0.25) is 0 Å². The topological polar surface area (TPSA) is 27.3 Å². The third-order valence-corrected chi connectivity index (χ3v) is 6.50. The lowest BCUT2D eigenvalue weighted by Crippen LogP contribution is -2.30. The molecule has 2 aromatic carbocycles. The number of benzene rings is 2. The molecular weight excluding hydrogens is 387 g/mol. The van der Waals surface area contributed by atoms with Crippen LogP contribution in [0, 0.1) is 5.92 Å². The third kappa shape index (κ3) is 4.49. The maximum Gasteiger partial charge on any atom is 0.416 e. The Morgan fingerprint density at radius 2 is 1.83 bits per heavy atom. The number of alkyl halides is 3. The van der Waals surface area contributed by atoms with Crippen molar-refractivity contribution in [3.05, 3.63) is 65.2 Å². The number of hydrogen-bond donors (Lipinski definition) is 2. The summed E-state index contributed by atoms with van der Waals surface area (Å²) in [6, 6.07) is 14.9. The third-order valence-electron chi connectivity index (χ3n) is 6.50. The van der Waals surface area contributed by atoms with Gasteiger partial charge in [0, 0.05) is 11.7 Å². The summed E-state index contributed by atoms with van der Waals surface area (Å²) >= 11 is 0. The minimum Gasteiger partial charge on any atom is -0.378 e. The molecule has 4 atom stereocenters. The second kappa shape index (κ2) is 8.60. The quantitative estimate of drug-likeness (QED) is 0.627. The zero-order chi connectivity index (χ0) is 21.3. The van der Waals surface area contributed by atoms with Crippen molar-refractivity contribution in [3.8, 4) is 0 Å². The van der Waals surface area contributed by atoms with Crippen LogP contribution in [0.25, 0.3) is 0 Å². The molecule has 1 heterocycles. The van der Waals surface area contributed by atoms with E-state index in [-0.39, 0.29) is 17.9 Å². The minimum absolute atomic E-state index is 0.119. The maximum atomic E-state index is 13.4. The molecule has 6 heteroatoms. The van der Waals surface area contributed by atoms with Crippen LogP contribution in [0.15, 0.2) is 48.5 Å². The highest BCUT2D eigenvalue weighted by Gasteiger charge is 2.45. The smallest absolute Gasteiger partial charge is 0.378 e. The van der Waals surface area contributed by atoms with Crippen molar-refractivity contribution in [2.75, 3.05) is 32.5 Å². The van der Waals surface area contributed by atoms with Gasteiger partial charge in [0.1, 0.15) is 0 Å². The van der Waals surface area contributed by atoms with E-state index in [0.717, 1.165) is 43.6 Å². The molecule has 4 rings (SSSR count). The average Bonchev–Trinajstić information content (AvgIpc) is 3.14. The normalized spacial score (nSPS) is 25.7. The van der Waals surface area contributed by atoms with Gasteiger partial charge in [-0.25, -0.2) is 0 Å². The fourth-order valence-corrected chi connectivity index (χ4v) is 5.11. The first-order valence-corrected chi connectivity index (χ1v) is 10.7. The highest BCUT2D eigenvalue weighted by Crippen LogP contribution is 2.53. The molecule has 30 heavy (non-hydrogen) atoms. The van der Waals surface area contributed by atoms with Crippen molar-refractivity contribution in [2.45, 2.75) is 43.4 Å². The van der Waals surface area contributed by atoms with Crippen LogP contribution >= 0.6 is 0 Å². The van der Waals surface area contributed by atoms with Crippen LogP contribution in [-0.4, -0.2) is 38.1 Å². The Labute approximate surface area is 176 Å². The van der Waals surface area contributed by atoms with Gasteiger partial charge >= 0.3 is 6.18 Å². The average molecular weight is 418 g/mol. The first-order valence-electron chi connectivity index (χ1n) is 10.7. The highest BCUT2D eigenvalue weighted by molar-refractivity contribution is 5.59. The molecular formula is C24H30F3N3. The first-order chi connectivity index (χ1) is 14.3. The number of nitrogens with zero attached hydrogens (tertiary/aromatic N) is 1. The largest absolute Gasteiger partial charge is 0.416 e. The van der Waals surface area contributed by atoms with E-state index in [1.165, 1.54) is 17.7 Å². The van der Waals surface area contributed by atoms with Gasteiger partial charge in [-0.1, -0.05) is 30.3 Å². The first kappa shape index (κ1) is 21.2. The van der Waals surface area contributed by atoms with E-state index in [1.54, 1.807) is 6.07 Å². The van der Waals surface area contributed by atoms with Crippen LogP contribution in [0.1, 0.15) is 47.9 Å². The zero-order valence-electron chi connectivity index (χ0n) is 17.5. The lowest BCUT2D eigenvalue weighted by molar-refractivity contribution is -0.137. The molecule has 2 N–H and O–H groups in total. The van der Waals surface area contributed by atoms with Gasteiger partial charge in [-0.05, 0) is 87.6 Å². The number of anilines is 1. The van der Waals surface area contributed by atoms with Crippen LogP contribution in [0.2, 0.25) is 0 Å². The summed E-state index contributed by atoms with van der Waals surface area (Å²) in [7, 11) is 4.13. The Hall–Kier alpha value is -2.05. The second-order valence-corrected chi connectivity index (χ2v) is 8.88. The highest BCUT2D eigenvalue weighted by atomic mass is 19.4. The van der Waals surface area contributed by atoms with Gasteiger partial charge in [0.05, 0.1) is 11.6 Å². The van der Waals surface area contributed by atoms with Crippen LogP contribution in [0.4, 0.5) is 18.9 Å². The molecule has 162 valence electrons. The molecule has 1 saturated carbocycles. The molecule has 0 saturated heterocycles. The summed E-state index contributed by atoms with van der Waals surface area (Å²) in [5.41, 5.74) is 2.31. The molecule has 0 bridgehead atoms. The lowest BCUT2D eigenvalue weighted by atomic mass is 9.77. The molecule has 1 fully saturated rings. The van der Waals surface area contributed by atoms with Crippen molar-refractivity contribution < 1.29 is 13.2 Å². The number of nitrogens with one attached hydrogen (secondary N) is 2. The zero-order valence-corrected chi connectivity index (χ0v) is 17.5.